The molecule has 2 fully saturated rings. The summed E-state index contributed by atoms with van der Waals surface area (Å²) >= 11 is 4.57. The molecule has 0 radical (unpaired) electrons. The van der Waals surface area contributed by atoms with Crippen molar-refractivity contribution in [2.24, 2.45) is 10.9 Å². The predicted molar refractivity (Wildman–Crippen MR) is 57.4 cm³/mol. The van der Waals surface area contributed by atoms with E-state index < -0.39 is 0 Å². The number of rotatable bonds is 2. The van der Waals surface area contributed by atoms with Gasteiger partial charge in [-0.2, -0.15) is 0 Å². The predicted octanol–water partition coefficient (Wildman–Crippen LogP) is 1.49. The molecule has 1 aliphatic heterocycles. The zero-order valence-electron chi connectivity index (χ0n) is 8.11. The number of nitrogens with zero attached hydrogens (tertiary/aromatic N) is 2. The summed E-state index contributed by atoms with van der Waals surface area (Å²) in [7, 11) is 0. The van der Waals surface area contributed by atoms with Gasteiger partial charge in [0, 0.05) is 19.0 Å². The Morgan fingerprint density at radius 2 is 1.93 bits per heavy atom. The van der Waals surface area contributed by atoms with Crippen LogP contribution in [0.1, 0.15) is 25.7 Å². The Hall–Kier alpha value is -0.730. The Kier molecular flexibility index (Phi) is 2.94. The molecule has 2 rings (SSSR count). The van der Waals surface area contributed by atoms with Crippen molar-refractivity contribution in [3.63, 3.8) is 0 Å². The second kappa shape index (κ2) is 4.20. The number of carbonyl (C=O) groups is 1. The first-order valence-corrected chi connectivity index (χ1v) is 5.58. The fourth-order valence-electron chi connectivity index (χ4n) is 1.88. The molecular weight excluding hydrogens is 196 g/mol. The minimum absolute atomic E-state index is 0.302. The average Bonchev–Trinajstić information content (AvgIpc) is 3.02. The van der Waals surface area contributed by atoms with E-state index in [4.69, 9.17) is 0 Å². The third-order valence-electron chi connectivity index (χ3n) is 2.94. The zero-order chi connectivity index (χ0) is 9.97. The van der Waals surface area contributed by atoms with Crippen LogP contribution in [0.15, 0.2) is 4.99 Å². The van der Waals surface area contributed by atoms with Crippen molar-refractivity contribution in [1.29, 1.82) is 0 Å². The molecule has 1 aliphatic carbocycles. The molecule has 0 aromatic carbocycles. The topological polar surface area (TPSA) is 32.7 Å². The number of amides is 1. The van der Waals surface area contributed by atoms with Crippen LogP contribution < -0.4 is 0 Å². The van der Waals surface area contributed by atoms with Crippen molar-refractivity contribution in [1.82, 2.24) is 4.90 Å². The van der Waals surface area contributed by atoms with Crippen LogP contribution in [0.5, 0.6) is 0 Å². The van der Waals surface area contributed by atoms with Crippen molar-refractivity contribution in [3.8, 4) is 0 Å². The van der Waals surface area contributed by atoms with Crippen molar-refractivity contribution in [3.05, 3.63) is 0 Å². The molecule has 0 bridgehead atoms. The second-order valence-electron chi connectivity index (χ2n) is 4.05. The summed E-state index contributed by atoms with van der Waals surface area (Å²) in [4.78, 5) is 17.7. The van der Waals surface area contributed by atoms with E-state index in [0.717, 1.165) is 38.8 Å². The Labute approximate surface area is 89.2 Å². The van der Waals surface area contributed by atoms with E-state index in [-0.39, 0.29) is 0 Å². The molecule has 76 valence electrons. The lowest BCUT2D eigenvalue weighted by Gasteiger charge is -2.29. The van der Waals surface area contributed by atoms with Crippen molar-refractivity contribution in [2.45, 2.75) is 31.7 Å². The smallest absolute Gasteiger partial charge is 0.225 e. The maximum atomic E-state index is 11.7. The molecule has 1 saturated carbocycles. The molecule has 0 spiro atoms. The van der Waals surface area contributed by atoms with Gasteiger partial charge in [-0.05, 0) is 37.9 Å². The first-order chi connectivity index (χ1) is 6.81. The van der Waals surface area contributed by atoms with Crippen LogP contribution in [0.25, 0.3) is 0 Å². The number of hydrogen-bond donors (Lipinski definition) is 0. The molecule has 0 N–H and O–H groups in total. The maximum absolute atomic E-state index is 11.7. The Morgan fingerprint density at radius 3 is 2.43 bits per heavy atom. The summed E-state index contributed by atoms with van der Waals surface area (Å²) < 4.78 is 0. The Morgan fingerprint density at radius 1 is 1.29 bits per heavy atom. The molecule has 14 heavy (non-hydrogen) atoms. The molecule has 3 nitrogen and oxygen atoms in total. The number of hydrogen-bond acceptors (Lipinski definition) is 3. The van der Waals surface area contributed by atoms with Crippen LogP contribution in [0.2, 0.25) is 0 Å². The van der Waals surface area contributed by atoms with Crippen molar-refractivity contribution in [2.75, 3.05) is 13.1 Å². The van der Waals surface area contributed by atoms with Crippen molar-refractivity contribution >= 4 is 23.3 Å². The van der Waals surface area contributed by atoms with Gasteiger partial charge in [-0.15, -0.1) is 0 Å². The summed E-state index contributed by atoms with van der Waals surface area (Å²) in [6, 6.07) is 0.302. The monoisotopic (exact) mass is 210 g/mol. The van der Waals surface area contributed by atoms with Gasteiger partial charge in [0.05, 0.1) is 11.2 Å². The highest BCUT2D eigenvalue weighted by molar-refractivity contribution is 7.78. The van der Waals surface area contributed by atoms with Crippen LogP contribution in [-0.4, -0.2) is 35.1 Å². The van der Waals surface area contributed by atoms with E-state index in [1.165, 1.54) is 0 Å². The lowest BCUT2D eigenvalue weighted by Crippen LogP contribution is -2.40. The van der Waals surface area contributed by atoms with E-state index in [9.17, 15) is 4.79 Å². The van der Waals surface area contributed by atoms with Crippen LogP contribution >= 0.6 is 12.2 Å². The van der Waals surface area contributed by atoms with Gasteiger partial charge < -0.3 is 4.90 Å². The number of thiocarbonyl (C=S) groups is 1. The number of likely N-dealkylation sites (tertiary alicyclic amines) is 1. The highest BCUT2D eigenvalue weighted by Gasteiger charge is 2.34. The zero-order valence-corrected chi connectivity index (χ0v) is 8.92. The summed E-state index contributed by atoms with van der Waals surface area (Å²) in [5.41, 5.74) is 0. The minimum Gasteiger partial charge on any atom is -0.342 e. The van der Waals surface area contributed by atoms with Gasteiger partial charge in [-0.1, -0.05) is 0 Å². The van der Waals surface area contributed by atoms with Crippen molar-refractivity contribution < 1.29 is 4.79 Å². The molecule has 4 heteroatoms. The Balaban J connectivity index is 1.82. The van der Waals surface area contributed by atoms with Gasteiger partial charge in [-0.25, -0.2) is 4.99 Å². The molecule has 1 saturated heterocycles. The Bertz CT molecular complexity index is 274. The molecule has 0 aromatic rings. The maximum Gasteiger partial charge on any atom is 0.225 e. The van der Waals surface area contributed by atoms with E-state index in [1.807, 2.05) is 4.90 Å². The second-order valence-corrected chi connectivity index (χ2v) is 4.23. The fraction of sp³-hybridized carbons (Fsp3) is 0.800. The molecule has 0 aromatic heterocycles. The standard InChI is InChI=1S/C10H14N2OS/c13-10(8-1-2-8)12-5-3-9(4-6-12)11-7-14/h8-9H,1-6H2. The lowest BCUT2D eigenvalue weighted by atomic mass is 10.1. The minimum atomic E-state index is 0.302. The largest absolute Gasteiger partial charge is 0.342 e. The number of isothiocyanates is 1. The third kappa shape index (κ3) is 2.20. The SMILES string of the molecule is O=C(C1CC1)N1CCC(N=C=S)CC1. The number of carbonyl (C=O) groups excluding carboxylic acids is 1. The molecule has 0 atom stereocenters. The number of aliphatic imine (C=N–C) groups is 1. The van der Waals surface area contributed by atoms with Gasteiger partial charge in [0.2, 0.25) is 5.91 Å². The van der Waals surface area contributed by atoms with Crippen LogP contribution in [0, 0.1) is 5.92 Å². The van der Waals surface area contributed by atoms with Gasteiger partial charge in [0.15, 0.2) is 0 Å². The first-order valence-electron chi connectivity index (χ1n) is 5.17. The highest BCUT2D eigenvalue weighted by Crippen LogP contribution is 2.32. The van der Waals surface area contributed by atoms with Crippen LogP contribution in [0.3, 0.4) is 0 Å². The molecular formula is C10H14N2OS. The molecule has 0 unspecified atom stereocenters. The summed E-state index contributed by atoms with van der Waals surface area (Å²) in [5, 5.41) is 2.42. The molecule has 1 amide bonds. The van der Waals surface area contributed by atoms with E-state index in [0.29, 0.717) is 17.9 Å². The first kappa shape index (κ1) is 9.81. The molecule has 1 heterocycles. The molecule has 2 aliphatic rings. The lowest BCUT2D eigenvalue weighted by molar-refractivity contribution is -0.133. The summed E-state index contributed by atoms with van der Waals surface area (Å²) in [5.74, 6) is 0.704. The summed E-state index contributed by atoms with van der Waals surface area (Å²) in [6.45, 7) is 1.70. The van der Waals surface area contributed by atoms with E-state index in [1.54, 1.807) is 0 Å². The van der Waals surface area contributed by atoms with Crippen LogP contribution in [0.4, 0.5) is 0 Å². The number of piperidine rings is 1. The van der Waals surface area contributed by atoms with E-state index >= 15 is 0 Å². The third-order valence-corrected chi connectivity index (χ3v) is 3.04. The van der Waals surface area contributed by atoms with Gasteiger partial charge in [0.25, 0.3) is 0 Å². The quantitative estimate of drug-likeness (QED) is 0.511. The normalized spacial score (nSPS) is 23.0. The van der Waals surface area contributed by atoms with Gasteiger partial charge in [0.1, 0.15) is 0 Å². The fourth-order valence-corrected chi connectivity index (χ4v) is 2.03. The van der Waals surface area contributed by atoms with Crippen LogP contribution in [-0.2, 0) is 4.79 Å². The highest BCUT2D eigenvalue weighted by atomic mass is 32.1. The van der Waals surface area contributed by atoms with Gasteiger partial charge in [-0.3, -0.25) is 4.79 Å². The average molecular weight is 210 g/mol. The van der Waals surface area contributed by atoms with Gasteiger partial charge >= 0.3 is 0 Å². The van der Waals surface area contributed by atoms with E-state index in [2.05, 4.69) is 22.4 Å². The summed E-state index contributed by atoms with van der Waals surface area (Å²) in [6.07, 6.45) is 4.08.